The number of hydrogen-bond acceptors (Lipinski definition) is 3. The molecule has 0 atom stereocenters. The lowest BCUT2D eigenvalue weighted by atomic mass is 10.1. The second kappa shape index (κ2) is 7.30. The lowest BCUT2D eigenvalue weighted by molar-refractivity contribution is 0.218. The van der Waals surface area contributed by atoms with E-state index in [1.807, 2.05) is 0 Å². The summed E-state index contributed by atoms with van der Waals surface area (Å²) in [5.41, 5.74) is 2.16. The minimum absolute atomic E-state index is 0.249. The van der Waals surface area contributed by atoms with E-state index in [-0.39, 0.29) is 12.6 Å². The third-order valence-electron chi connectivity index (χ3n) is 4.71. The lowest BCUT2D eigenvalue weighted by Gasteiger charge is -2.19. The number of rotatable bonds is 5. The number of urea groups is 1. The van der Waals surface area contributed by atoms with Gasteiger partial charge in [-0.2, -0.15) is 5.10 Å². The molecule has 1 fully saturated rings. The van der Waals surface area contributed by atoms with Crippen LogP contribution >= 0.6 is 0 Å². The van der Waals surface area contributed by atoms with E-state index in [0.29, 0.717) is 41.2 Å². The Hall–Kier alpha value is -3.42. The van der Waals surface area contributed by atoms with Gasteiger partial charge >= 0.3 is 6.03 Å². The summed E-state index contributed by atoms with van der Waals surface area (Å²) in [4.78, 5) is 15.9. The van der Waals surface area contributed by atoms with E-state index in [0.717, 1.165) is 0 Å². The number of anilines is 1. The molecule has 2 aromatic carbocycles. The average Bonchev–Trinajstić information content (AvgIpc) is 3.32. The molecule has 0 aliphatic carbocycles. The van der Waals surface area contributed by atoms with Crippen LogP contribution in [-0.2, 0) is 6.54 Å². The maximum atomic E-state index is 14.5. The summed E-state index contributed by atoms with van der Waals surface area (Å²) in [5.74, 6) is -0.454. The SMILES string of the molecule is COc1cc(F)cc(CN2CCN(c3ccc(-c4cn[nH]c4)c(F)c3)C2=O)c1. The van der Waals surface area contributed by atoms with Crippen LogP contribution in [0.25, 0.3) is 11.1 Å². The number of carbonyl (C=O) groups is 1. The summed E-state index contributed by atoms with van der Waals surface area (Å²) in [5, 5.41) is 6.47. The first kappa shape index (κ1) is 18.0. The van der Waals surface area contributed by atoms with Crippen LogP contribution in [0, 0.1) is 11.6 Å². The molecule has 0 saturated carbocycles. The molecule has 0 radical (unpaired) electrons. The monoisotopic (exact) mass is 384 g/mol. The minimum atomic E-state index is -0.431. The van der Waals surface area contributed by atoms with Crippen LogP contribution in [-0.4, -0.2) is 41.3 Å². The standard InChI is InChI=1S/C20H18F2N4O2/c1-28-17-7-13(6-15(21)8-17)12-25-4-5-26(20(25)27)16-2-3-18(19(22)9-16)14-10-23-24-11-14/h2-3,6-11H,4-5,12H2,1H3,(H,23,24). The van der Waals surface area contributed by atoms with E-state index in [9.17, 15) is 13.6 Å². The van der Waals surface area contributed by atoms with Crippen molar-refractivity contribution < 1.29 is 18.3 Å². The Kier molecular flexibility index (Phi) is 4.68. The van der Waals surface area contributed by atoms with Gasteiger partial charge in [0.25, 0.3) is 0 Å². The van der Waals surface area contributed by atoms with Gasteiger partial charge in [-0.05, 0) is 35.9 Å². The molecule has 6 nitrogen and oxygen atoms in total. The van der Waals surface area contributed by atoms with Gasteiger partial charge in [0.15, 0.2) is 0 Å². The number of amides is 2. The van der Waals surface area contributed by atoms with Crippen molar-refractivity contribution in [2.75, 3.05) is 25.1 Å². The van der Waals surface area contributed by atoms with Crippen LogP contribution in [0.4, 0.5) is 19.3 Å². The quantitative estimate of drug-likeness (QED) is 0.728. The van der Waals surface area contributed by atoms with Crippen molar-refractivity contribution in [1.29, 1.82) is 0 Å². The van der Waals surface area contributed by atoms with Gasteiger partial charge in [0, 0.05) is 48.7 Å². The number of benzene rings is 2. The van der Waals surface area contributed by atoms with Crippen molar-refractivity contribution >= 4 is 11.7 Å². The van der Waals surface area contributed by atoms with E-state index in [1.165, 1.54) is 36.4 Å². The zero-order valence-corrected chi connectivity index (χ0v) is 15.2. The van der Waals surface area contributed by atoms with Crippen molar-refractivity contribution in [3.8, 4) is 16.9 Å². The fourth-order valence-electron chi connectivity index (χ4n) is 3.32. The predicted molar refractivity (Wildman–Crippen MR) is 100 cm³/mol. The Balaban J connectivity index is 1.51. The second-order valence-corrected chi connectivity index (χ2v) is 6.51. The molecule has 28 heavy (non-hydrogen) atoms. The van der Waals surface area contributed by atoms with Gasteiger partial charge < -0.3 is 9.64 Å². The van der Waals surface area contributed by atoms with Crippen molar-refractivity contribution in [2.45, 2.75) is 6.54 Å². The first-order chi connectivity index (χ1) is 13.5. The molecule has 1 aromatic heterocycles. The van der Waals surface area contributed by atoms with Gasteiger partial charge in [-0.1, -0.05) is 0 Å². The summed E-state index contributed by atoms with van der Waals surface area (Å²) in [6, 6.07) is 8.77. The van der Waals surface area contributed by atoms with Crippen molar-refractivity contribution in [2.24, 2.45) is 0 Å². The number of carbonyl (C=O) groups excluding carboxylic acids is 1. The van der Waals surface area contributed by atoms with Gasteiger partial charge in [-0.15, -0.1) is 0 Å². The normalized spacial score (nSPS) is 14.0. The van der Waals surface area contributed by atoms with E-state index in [1.54, 1.807) is 29.3 Å². The number of methoxy groups -OCH3 is 1. The maximum Gasteiger partial charge on any atom is 0.324 e. The number of hydrogen-bond donors (Lipinski definition) is 1. The van der Waals surface area contributed by atoms with Crippen LogP contribution in [0.3, 0.4) is 0 Å². The fraction of sp³-hybridized carbons (Fsp3) is 0.200. The largest absolute Gasteiger partial charge is 0.497 e. The predicted octanol–water partition coefficient (Wildman–Crippen LogP) is 3.81. The molecule has 4 rings (SSSR count). The third kappa shape index (κ3) is 3.40. The van der Waals surface area contributed by atoms with Gasteiger partial charge in [0.05, 0.1) is 13.3 Å². The number of halogens is 2. The molecule has 1 aliphatic heterocycles. The molecule has 3 aromatic rings. The first-order valence-corrected chi connectivity index (χ1v) is 8.74. The molecule has 2 heterocycles. The van der Waals surface area contributed by atoms with Crippen LogP contribution in [0.1, 0.15) is 5.56 Å². The first-order valence-electron chi connectivity index (χ1n) is 8.74. The number of nitrogens with zero attached hydrogens (tertiary/aromatic N) is 3. The molecule has 1 saturated heterocycles. The summed E-state index contributed by atoms with van der Waals surface area (Å²) in [6.45, 7) is 1.14. The molecular weight excluding hydrogens is 366 g/mol. The van der Waals surface area contributed by atoms with Gasteiger partial charge in [0.2, 0.25) is 0 Å². The molecule has 144 valence electrons. The number of H-pyrrole nitrogens is 1. The number of nitrogens with one attached hydrogen (secondary N) is 1. The summed E-state index contributed by atoms with van der Waals surface area (Å²) in [6.07, 6.45) is 3.14. The number of aromatic amines is 1. The average molecular weight is 384 g/mol. The van der Waals surface area contributed by atoms with Crippen molar-refractivity contribution in [3.05, 3.63) is 66.0 Å². The van der Waals surface area contributed by atoms with Gasteiger partial charge in [0.1, 0.15) is 17.4 Å². The zero-order valence-electron chi connectivity index (χ0n) is 15.2. The number of ether oxygens (including phenoxy) is 1. The maximum absolute atomic E-state index is 14.5. The highest BCUT2D eigenvalue weighted by Gasteiger charge is 2.30. The molecule has 1 aliphatic rings. The Morgan fingerprint density at radius 1 is 1.18 bits per heavy atom. The van der Waals surface area contributed by atoms with Gasteiger partial charge in [-0.25, -0.2) is 13.6 Å². The minimum Gasteiger partial charge on any atom is -0.497 e. The lowest BCUT2D eigenvalue weighted by Crippen LogP contribution is -2.31. The van der Waals surface area contributed by atoms with Crippen LogP contribution < -0.4 is 9.64 Å². The molecule has 0 unspecified atom stereocenters. The third-order valence-corrected chi connectivity index (χ3v) is 4.71. The van der Waals surface area contributed by atoms with Crippen LogP contribution in [0.5, 0.6) is 5.75 Å². The molecule has 8 heteroatoms. The zero-order chi connectivity index (χ0) is 19.7. The Labute approximate surface area is 160 Å². The smallest absolute Gasteiger partial charge is 0.324 e. The summed E-state index contributed by atoms with van der Waals surface area (Å²) in [7, 11) is 1.46. The Morgan fingerprint density at radius 2 is 2.04 bits per heavy atom. The second-order valence-electron chi connectivity index (χ2n) is 6.51. The Morgan fingerprint density at radius 3 is 2.75 bits per heavy atom. The van der Waals surface area contributed by atoms with E-state index < -0.39 is 11.6 Å². The van der Waals surface area contributed by atoms with E-state index >= 15 is 0 Å². The van der Waals surface area contributed by atoms with Crippen LogP contribution in [0.15, 0.2) is 48.8 Å². The van der Waals surface area contributed by atoms with E-state index in [4.69, 9.17) is 4.74 Å². The molecule has 2 amide bonds. The summed E-state index contributed by atoms with van der Waals surface area (Å²) < 4.78 is 33.3. The molecule has 1 N–H and O–H groups in total. The molecular formula is C20H18F2N4O2. The number of aromatic nitrogens is 2. The Bertz CT molecular complexity index is 1010. The molecule has 0 spiro atoms. The highest BCUT2D eigenvalue weighted by atomic mass is 19.1. The highest BCUT2D eigenvalue weighted by Crippen LogP contribution is 2.29. The summed E-state index contributed by atoms with van der Waals surface area (Å²) >= 11 is 0. The molecule has 0 bridgehead atoms. The van der Waals surface area contributed by atoms with Crippen molar-refractivity contribution in [3.63, 3.8) is 0 Å². The highest BCUT2D eigenvalue weighted by molar-refractivity contribution is 5.94. The van der Waals surface area contributed by atoms with E-state index in [2.05, 4.69) is 10.2 Å². The van der Waals surface area contributed by atoms with Crippen LogP contribution in [0.2, 0.25) is 0 Å². The van der Waals surface area contributed by atoms with Crippen molar-refractivity contribution in [1.82, 2.24) is 15.1 Å². The topological polar surface area (TPSA) is 61.5 Å². The fourth-order valence-corrected chi connectivity index (χ4v) is 3.32. The van der Waals surface area contributed by atoms with Gasteiger partial charge in [-0.3, -0.25) is 10.00 Å².